The van der Waals surface area contributed by atoms with Crippen molar-refractivity contribution in [1.82, 2.24) is 5.32 Å². The SMILES string of the molecule is CCC(CNC(=O)c1cc(Br)cc(Br)c1)CC(=O)O. The van der Waals surface area contributed by atoms with Gasteiger partial charge in [0.15, 0.2) is 0 Å². The van der Waals surface area contributed by atoms with Crippen LogP contribution in [0.3, 0.4) is 0 Å². The van der Waals surface area contributed by atoms with Crippen LogP contribution in [-0.2, 0) is 4.79 Å². The molecule has 0 saturated heterocycles. The summed E-state index contributed by atoms with van der Waals surface area (Å²) in [7, 11) is 0. The predicted octanol–water partition coefficient (Wildman–Crippen LogP) is 3.44. The number of carbonyl (C=O) groups is 2. The first-order chi connectivity index (χ1) is 8.92. The van der Waals surface area contributed by atoms with Crippen LogP contribution in [-0.4, -0.2) is 23.5 Å². The minimum Gasteiger partial charge on any atom is -0.481 e. The van der Waals surface area contributed by atoms with E-state index in [0.29, 0.717) is 12.1 Å². The summed E-state index contributed by atoms with van der Waals surface area (Å²) in [5.41, 5.74) is 0.534. The van der Waals surface area contributed by atoms with Crippen molar-refractivity contribution in [2.24, 2.45) is 5.92 Å². The second-order valence-electron chi connectivity index (χ2n) is 4.24. The van der Waals surface area contributed by atoms with Gasteiger partial charge in [-0.2, -0.15) is 0 Å². The summed E-state index contributed by atoms with van der Waals surface area (Å²) < 4.78 is 1.62. The largest absolute Gasteiger partial charge is 0.481 e. The quantitative estimate of drug-likeness (QED) is 0.779. The molecule has 0 aromatic heterocycles. The minimum absolute atomic E-state index is 0.0444. The van der Waals surface area contributed by atoms with Gasteiger partial charge in [0.25, 0.3) is 5.91 Å². The van der Waals surface area contributed by atoms with Crippen molar-refractivity contribution in [1.29, 1.82) is 0 Å². The molecule has 1 rings (SSSR count). The smallest absolute Gasteiger partial charge is 0.303 e. The fourth-order valence-corrected chi connectivity index (χ4v) is 2.93. The lowest BCUT2D eigenvalue weighted by Crippen LogP contribution is -2.30. The molecule has 0 aliphatic rings. The van der Waals surface area contributed by atoms with E-state index >= 15 is 0 Å². The Morgan fingerprint density at radius 1 is 1.26 bits per heavy atom. The molecule has 0 saturated carbocycles. The minimum atomic E-state index is -0.841. The molecule has 0 radical (unpaired) electrons. The van der Waals surface area contributed by atoms with Crippen molar-refractivity contribution in [3.8, 4) is 0 Å². The average Bonchev–Trinajstić information content (AvgIpc) is 2.32. The van der Waals surface area contributed by atoms with Gasteiger partial charge in [-0.1, -0.05) is 45.2 Å². The maximum absolute atomic E-state index is 12.0. The number of carboxylic acid groups (broad SMARTS) is 1. The van der Waals surface area contributed by atoms with Crippen LogP contribution < -0.4 is 5.32 Å². The van der Waals surface area contributed by atoms with Crippen molar-refractivity contribution < 1.29 is 14.7 Å². The number of hydrogen-bond donors (Lipinski definition) is 2. The van der Waals surface area contributed by atoms with E-state index in [9.17, 15) is 9.59 Å². The number of hydrogen-bond acceptors (Lipinski definition) is 2. The number of rotatable bonds is 6. The van der Waals surface area contributed by atoms with Gasteiger partial charge in [0.2, 0.25) is 0 Å². The van der Waals surface area contributed by atoms with Crippen molar-refractivity contribution >= 4 is 43.7 Å². The second-order valence-corrected chi connectivity index (χ2v) is 6.07. The third-order valence-corrected chi connectivity index (χ3v) is 3.63. The van der Waals surface area contributed by atoms with Crippen LogP contribution in [0, 0.1) is 5.92 Å². The Balaban J connectivity index is 2.61. The van der Waals surface area contributed by atoms with Gasteiger partial charge in [-0.25, -0.2) is 0 Å². The molecule has 1 aromatic rings. The highest BCUT2D eigenvalue weighted by Gasteiger charge is 2.13. The summed E-state index contributed by atoms with van der Waals surface area (Å²) in [6, 6.07) is 5.28. The Morgan fingerprint density at radius 2 is 1.84 bits per heavy atom. The molecule has 0 heterocycles. The third kappa shape index (κ3) is 5.74. The first-order valence-corrected chi connectivity index (χ1v) is 7.47. The van der Waals surface area contributed by atoms with Crippen LogP contribution in [0.1, 0.15) is 30.1 Å². The molecule has 0 spiro atoms. The fraction of sp³-hybridized carbons (Fsp3) is 0.385. The van der Waals surface area contributed by atoms with Crippen LogP contribution in [0.5, 0.6) is 0 Å². The number of nitrogens with one attached hydrogen (secondary N) is 1. The molecule has 19 heavy (non-hydrogen) atoms. The van der Waals surface area contributed by atoms with Crippen LogP contribution in [0.4, 0.5) is 0 Å². The molecule has 0 aliphatic heterocycles. The van der Waals surface area contributed by atoms with E-state index in [1.54, 1.807) is 12.1 Å². The number of benzene rings is 1. The summed E-state index contributed by atoms with van der Waals surface area (Å²) in [5, 5.41) is 11.5. The van der Waals surface area contributed by atoms with Crippen LogP contribution >= 0.6 is 31.9 Å². The molecule has 0 fully saturated rings. The fourth-order valence-electron chi connectivity index (χ4n) is 1.63. The number of carbonyl (C=O) groups excluding carboxylic acids is 1. The van der Waals surface area contributed by atoms with Gasteiger partial charge in [-0.3, -0.25) is 9.59 Å². The van der Waals surface area contributed by atoms with Gasteiger partial charge in [0.1, 0.15) is 0 Å². The molecule has 1 atom stereocenters. The standard InChI is InChI=1S/C13H15Br2NO3/c1-2-8(3-12(17)18)7-16-13(19)9-4-10(14)6-11(15)5-9/h4-6,8H,2-3,7H2,1H3,(H,16,19)(H,17,18). The molecule has 1 amide bonds. The Bertz CT molecular complexity index is 457. The lowest BCUT2D eigenvalue weighted by Gasteiger charge is -2.13. The Morgan fingerprint density at radius 3 is 2.32 bits per heavy atom. The summed E-state index contributed by atoms with van der Waals surface area (Å²) >= 11 is 6.64. The normalized spacial score (nSPS) is 11.9. The lowest BCUT2D eigenvalue weighted by atomic mass is 10.0. The molecule has 104 valence electrons. The van der Waals surface area contributed by atoms with Crippen molar-refractivity contribution in [3.63, 3.8) is 0 Å². The highest BCUT2D eigenvalue weighted by atomic mass is 79.9. The summed E-state index contributed by atoms with van der Waals surface area (Å²) in [4.78, 5) is 22.6. The van der Waals surface area contributed by atoms with E-state index in [2.05, 4.69) is 37.2 Å². The molecule has 6 heteroatoms. The van der Waals surface area contributed by atoms with Gasteiger partial charge >= 0.3 is 5.97 Å². The molecule has 0 bridgehead atoms. The van der Waals surface area contributed by atoms with E-state index < -0.39 is 5.97 Å². The summed E-state index contributed by atoms with van der Waals surface area (Å²) in [5.74, 6) is -1.09. The van der Waals surface area contributed by atoms with E-state index in [-0.39, 0.29) is 18.2 Å². The highest BCUT2D eigenvalue weighted by molar-refractivity contribution is 9.11. The zero-order valence-electron chi connectivity index (χ0n) is 10.5. The van der Waals surface area contributed by atoms with Crippen LogP contribution in [0.2, 0.25) is 0 Å². The van der Waals surface area contributed by atoms with E-state index in [4.69, 9.17) is 5.11 Å². The topological polar surface area (TPSA) is 66.4 Å². The molecule has 2 N–H and O–H groups in total. The summed E-state index contributed by atoms with van der Waals surface area (Å²) in [6.07, 6.45) is 0.785. The Hall–Kier alpha value is -0.880. The molecule has 0 aliphatic carbocycles. The zero-order valence-corrected chi connectivity index (χ0v) is 13.6. The first kappa shape index (κ1) is 16.2. The maximum Gasteiger partial charge on any atom is 0.303 e. The Kier molecular flexibility index (Phi) is 6.51. The van der Waals surface area contributed by atoms with E-state index in [1.165, 1.54) is 0 Å². The molecule has 4 nitrogen and oxygen atoms in total. The number of amides is 1. The molecular weight excluding hydrogens is 378 g/mol. The van der Waals surface area contributed by atoms with Crippen molar-refractivity contribution in [3.05, 3.63) is 32.7 Å². The van der Waals surface area contributed by atoms with E-state index in [0.717, 1.165) is 15.4 Å². The van der Waals surface area contributed by atoms with E-state index in [1.807, 2.05) is 13.0 Å². The van der Waals surface area contributed by atoms with Gasteiger partial charge in [0.05, 0.1) is 0 Å². The highest BCUT2D eigenvalue weighted by Crippen LogP contribution is 2.20. The first-order valence-electron chi connectivity index (χ1n) is 5.88. The second kappa shape index (κ2) is 7.65. The monoisotopic (exact) mass is 391 g/mol. The van der Waals surface area contributed by atoms with Gasteiger partial charge in [0, 0.05) is 27.5 Å². The number of carboxylic acids is 1. The zero-order chi connectivity index (χ0) is 14.4. The van der Waals surface area contributed by atoms with Gasteiger partial charge < -0.3 is 10.4 Å². The maximum atomic E-state index is 12.0. The lowest BCUT2D eigenvalue weighted by molar-refractivity contribution is -0.138. The number of aliphatic carboxylic acids is 1. The number of halogens is 2. The predicted molar refractivity (Wildman–Crippen MR) is 80.2 cm³/mol. The van der Waals surface area contributed by atoms with Crippen LogP contribution in [0.15, 0.2) is 27.1 Å². The van der Waals surface area contributed by atoms with Gasteiger partial charge in [-0.05, 0) is 24.1 Å². The average molecular weight is 393 g/mol. The molecule has 1 unspecified atom stereocenters. The van der Waals surface area contributed by atoms with Gasteiger partial charge in [-0.15, -0.1) is 0 Å². The summed E-state index contributed by atoms with van der Waals surface area (Å²) in [6.45, 7) is 2.28. The Labute approximate surface area is 128 Å². The molecule has 1 aromatic carbocycles. The van der Waals surface area contributed by atoms with Crippen LogP contribution in [0.25, 0.3) is 0 Å². The van der Waals surface area contributed by atoms with Crippen molar-refractivity contribution in [2.45, 2.75) is 19.8 Å². The van der Waals surface area contributed by atoms with Crippen molar-refractivity contribution in [2.75, 3.05) is 6.54 Å². The molecular formula is C13H15Br2NO3. The third-order valence-electron chi connectivity index (χ3n) is 2.72.